The van der Waals surface area contributed by atoms with Gasteiger partial charge in [-0.3, -0.25) is 9.69 Å². The van der Waals surface area contributed by atoms with Crippen molar-refractivity contribution < 1.29 is 9.53 Å². The second kappa shape index (κ2) is 1.95. The topological polar surface area (TPSA) is 29.5 Å². The van der Waals surface area contributed by atoms with Gasteiger partial charge in [-0.2, -0.15) is 0 Å². The van der Waals surface area contributed by atoms with Gasteiger partial charge in [0.1, 0.15) is 0 Å². The van der Waals surface area contributed by atoms with Crippen LogP contribution in [0.1, 0.15) is 6.92 Å². The lowest BCUT2D eigenvalue weighted by Crippen LogP contribution is -2.25. The average molecular weight is 145 g/mol. The van der Waals surface area contributed by atoms with E-state index < -0.39 is 0 Å². The van der Waals surface area contributed by atoms with Gasteiger partial charge in [0.25, 0.3) is 11.1 Å². The molecule has 1 fully saturated rings. The molecule has 0 aromatic carbocycles. The van der Waals surface area contributed by atoms with Gasteiger partial charge in [-0.15, -0.1) is 0 Å². The Morgan fingerprint density at radius 3 is 2.44 bits per heavy atom. The van der Waals surface area contributed by atoms with Crippen LogP contribution < -0.4 is 0 Å². The van der Waals surface area contributed by atoms with Crippen LogP contribution >= 0.6 is 12.2 Å². The van der Waals surface area contributed by atoms with E-state index in [2.05, 4.69) is 12.2 Å². The van der Waals surface area contributed by atoms with Crippen molar-refractivity contribution in [2.75, 3.05) is 7.05 Å². The first-order chi connectivity index (χ1) is 4.13. The highest BCUT2D eigenvalue weighted by Crippen LogP contribution is 2.09. The molecule has 1 aliphatic rings. The largest absolute Gasteiger partial charge is 0.457 e. The van der Waals surface area contributed by atoms with Crippen LogP contribution in [0.2, 0.25) is 0 Å². The molecular formula is C5H7NO2S. The van der Waals surface area contributed by atoms with E-state index in [1.165, 1.54) is 4.90 Å². The maximum absolute atomic E-state index is 10.8. The van der Waals surface area contributed by atoms with Crippen LogP contribution in [0.5, 0.6) is 0 Å². The van der Waals surface area contributed by atoms with E-state index in [4.69, 9.17) is 4.74 Å². The minimum Gasteiger partial charge on any atom is -0.457 e. The molecule has 1 rings (SSSR count). The normalized spacial score (nSPS) is 26.9. The van der Waals surface area contributed by atoms with Gasteiger partial charge in [0, 0.05) is 7.05 Å². The molecular weight excluding hydrogens is 138 g/mol. The predicted octanol–water partition coefficient (Wildman–Crippen LogP) is 0.148. The summed E-state index contributed by atoms with van der Waals surface area (Å²) < 4.78 is 4.89. The van der Waals surface area contributed by atoms with Gasteiger partial charge in [-0.1, -0.05) is 0 Å². The fraction of sp³-hybridized carbons (Fsp3) is 0.600. The van der Waals surface area contributed by atoms with Gasteiger partial charge < -0.3 is 4.74 Å². The molecule has 1 atom stereocenters. The summed E-state index contributed by atoms with van der Waals surface area (Å²) in [5.41, 5.74) is 0. The highest BCUT2D eigenvalue weighted by atomic mass is 32.1. The van der Waals surface area contributed by atoms with Crippen molar-refractivity contribution in [1.82, 2.24) is 4.90 Å². The van der Waals surface area contributed by atoms with Crippen molar-refractivity contribution in [3.8, 4) is 0 Å². The summed E-state index contributed by atoms with van der Waals surface area (Å²) in [6, 6.07) is 0. The maximum Gasteiger partial charge on any atom is 0.270 e. The summed E-state index contributed by atoms with van der Waals surface area (Å²) in [6.45, 7) is 1.68. The zero-order valence-corrected chi connectivity index (χ0v) is 6.07. The zero-order chi connectivity index (χ0) is 7.02. The van der Waals surface area contributed by atoms with E-state index in [9.17, 15) is 4.79 Å². The van der Waals surface area contributed by atoms with Crippen LogP contribution in [0.15, 0.2) is 0 Å². The van der Waals surface area contributed by atoms with E-state index in [-0.39, 0.29) is 17.2 Å². The van der Waals surface area contributed by atoms with Crippen LogP contribution in [0.25, 0.3) is 0 Å². The smallest absolute Gasteiger partial charge is 0.270 e. The van der Waals surface area contributed by atoms with Crippen molar-refractivity contribution in [2.24, 2.45) is 0 Å². The molecule has 1 aliphatic heterocycles. The minimum atomic E-state index is -0.387. The molecule has 0 bridgehead atoms. The van der Waals surface area contributed by atoms with Crippen molar-refractivity contribution >= 4 is 23.3 Å². The molecule has 0 aromatic rings. The summed E-state index contributed by atoms with van der Waals surface area (Å²) >= 11 is 4.68. The van der Waals surface area contributed by atoms with Crippen LogP contribution in [-0.2, 0) is 9.53 Å². The average Bonchev–Trinajstić information content (AvgIpc) is 1.98. The standard InChI is InChI=1S/C5H7NO2S/c1-3-4(7)6(2)5(9)8-3/h3H,1-2H3. The second-order valence-electron chi connectivity index (χ2n) is 1.92. The number of amides is 1. The molecule has 0 spiro atoms. The molecule has 0 aromatic heterocycles. The molecule has 0 aliphatic carbocycles. The van der Waals surface area contributed by atoms with Gasteiger partial charge >= 0.3 is 0 Å². The minimum absolute atomic E-state index is 0.0694. The van der Waals surface area contributed by atoms with E-state index in [1.807, 2.05) is 0 Å². The van der Waals surface area contributed by atoms with Crippen LogP contribution in [0, 0.1) is 0 Å². The number of likely N-dealkylation sites (N-methyl/N-ethyl adjacent to an activating group) is 1. The highest BCUT2D eigenvalue weighted by molar-refractivity contribution is 7.80. The summed E-state index contributed by atoms with van der Waals surface area (Å²) in [4.78, 5) is 12.2. The fourth-order valence-corrected chi connectivity index (χ4v) is 0.878. The van der Waals surface area contributed by atoms with Crippen LogP contribution in [0.3, 0.4) is 0 Å². The Bertz CT molecular complexity index is 168. The summed E-state index contributed by atoms with van der Waals surface area (Å²) in [6.07, 6.45) is -0.387. The van der Waals surface area contributed by atoms with Gasteiger partial charge in [-0.05, 0) is 19.1 Å². The summed E-state index contributed by atoms with van der Waals surface area (Å²) in [5, 5.41) is 0.271. The molecule has 1 unspecified atom stereocenters. The second-order valence-corrected chi connectivity index (χ2v) is 2.27. The van der Waals surface area contributed by atoms with Crippen LogP contribution in [0.4, 0.5) is 0 Å². The molecule has 1 saturated heterocycles. The molecule has 1 heterocycles. The van der Waals surface area contributed by atoms with Gasteiger partial charge in [0.05, 0.1) is 0 Å². The molecule has 0 saturated carbocycles. The third-order valence-electron chi connectivity index (χ3n) is 1.23. The third-order valence-corrected chi connectivity index (χ3v) is 1.60. The van der Waals surface area contributed by atoms with Gasteiger partial charge in [0.2, 0.25) is 0 Å². The quantitative estimate of drug-likeness (QED) is 0.454. The maximum atomic E-state index is 10.8. The Morgan fingerprint density at radius 1 is 1.78 bits per heavy atom. The first kappa shape index (κ1) is 6.48. The lowest BCUT2D eigenvalue weighted by atomic mass is 10.4. The molecule has 4 heteroatoms. The van der Waals surface area contributed by atoms with Crippen molar-refractivity contribution in [3.05, 3.63) is 0 Å². The lowest BCUT2D eigenvalue weighted by molar-refractivity contribution is -0.128. The van der Waals surface area contributed by atoms with Crippen LogP contribution in [-0.4, -0.2) is 29.1 Å². The Kier molecular flexibility index (Phi) is 1.40. The number of carbonyl (C=O) groups is 1. The molecule has 1 amide bonds. The highest BCUT2D eigenvalue weighted by Gasteiger charge is 2.31. The number of carbonyl (C=O) groups excluding carboxylic acids is 1. The van der Waals surface area contributed by atoms with Crippen molar-refractivity contribution in [1.29, 1.82) is 0 Å². The SMILES string of the molecule is CC1OC(=S)N(C)C1=O. The Hall–Kier alpha value is -0.640. The number of rotatable bonds is 0. The van der Waals surface area contributed by atoms with E-state index in [0.29, 0.717) is 0 Å². The van der Waals surface area contributed by atoms with E-state index >= 15 is 0 Å². The van der Waals surface area contributed by atoms with Gasteiger partial charge in [0.15, 0.2) is 6.10 Å². The molecule has 3 nitrogen and oxygen atoms in total. The van der Waals surface area contributed by atoms with E-state index in [1.54, 1.807) is 14.0 Å². The Labute approximate surface area is 58.6 Å². The predicted molar refractivity (Wildman–Crippen MR) is 35.9 cm³/mol. The number of hydrogen-bond donors (Lipinski definition) is 0. The molecule has 0 N–H and O–H groups in total. The number of ether oxygens (including phenoxy) is 1. The fourth-order valence-electron chi connectivity index (χ4n) is 0.643. The Morgan fingerprint density at radius 2 is 2.33 bits per heavy atom. The molecule has 9 heavy (non-hydrogen) atoms. The van der Waals surface area contributed by atoms with Crippen molar-refractivity contribution in [2.45, 2.75) is 13.0 Å². The number of hydrogen-bond acceptors (Lipinski definition) is 3. The lowest BCUT2D eigenvalue weighted by Gasteiger charge is -2.00. The molecule has 50 valence electrons. The number of thiocarbonyl (C=S) groups is 1. The molecule has 0 radical (unpaired) electrons. The summed E-state index contributed by atoms with van der Waals surface area (Å²) in [5.74, 6) is -0.0694. The zero-order valence-electron chi connectivity index (χ0n) is 5.25. The first-order valence-electron chi connectivity index (χ1n) is 2.61. The monoisotopic (exact) mass is 145 g/mol. The number of nitrogens with zero attached hydrogens (tertiary/aromatic N) is 1. The first-order valence-corrected chi connectivity index (χ1v) is 3.02. The Balaban J connectivity index is 2.77. The van der Waals surface area contributed by atoms with E-state index in [0.717, 1.165) is 0 Å². The summed E-state index contributed by atoms with van der Waals surface area (Å²) in [7, 11) is 1.61. The van der Waals surface area contributed by atoms with Crippen molar-refractivity contribution in [3.63, 3.8) is 0 Å². The van der Waals surface area contributed by atoms with Gasteiger partial charge in [-0.25, -0.2) is 0 Å². The third kappa shape index (κ3) is 0.896.